The number of anilines is 1. The molecule has 0 bridgehead atoms. The van der Waals surface area contributed by atoms with E-state index in [1.165, 1.54) is 0 Å². The minimum atomic E-state index is -0.116. The maximum Gasteiger partial charge on any atom is 0.227 e. The Hall–Kier alpha value is -1.55. The van der Waals surface area contributed by atoms with Crippen LogP contribution < -0.4 is 11.1 Å². The van der Waals surface area contributed by atoms with Gasteiger partial charge in [-0.2, -0.15) is 0 Å². The van der Waals surface area contributed by atoms with E-state index in [9.17, 15) is 4.79 Å². The largest absolute Gasteiger partial charge is 0.399 e. The molecule has 0 heterocycles. The van der Waals surface area contributed by atoms with Crippen molar-refractivity contribution >= 4 is 11.6 Å². The number of nitrogen functional groups attached to an aromatic ring is 1. The summed E-state index contributed by atoms with van der Waals surface area (Å²) in [5, 5.41) is 3.03. The lowest BCUT2D eigenvalue weighted by Gasteiger charge is -2.20. The fourth-order valence-corrected chi connectivity index (χ4v) is 2.35. The summed E-state index contributed by atoms with van der Waals surface area (Å²) in [4.78, 5) is 14.6. The molecule has 0 saturated carbocycles. The predicted molar refractivity (Wildman–Crippen MR) is 84.7 cm³/mol. The molecule has 0 radical (unpaired) electrons. The van der Waals surface area contributed by atoms with E-state index in [0.717, 1.165) is 31.6 Å². The Kier molecular flexibility index (Phi) is 7.09. The third-order valence-electron chi connectivity index (χ3n) is 3.66. The first kappa shape index (κ1) is 16.5. The Balaban J connectivity index is 2.55. The molecule has 1 aromatic carbocycles. The smallest absolute Gasteiger partial charge is 0.227 e. The van der Waals surface area contributed by atoms with Gasteiger partial charge in [0.15, 0.2) is 0 Å². The van der Waals surface area contributed by atoms with E-state index in [1.54, 1.807) is 0 Å². The van der Waals surface area contributed by atoms with Crippen molar-refractivity contribution in [3.8, 4) is 0 Å². The van der Waals surface area contributed by atoms with Crippen LogP contribution in [0.1, 0.15) is 38.7 Å². The Morgan fingerprint density at radius 3 is 2.55 bits per heavy atom. The molecule has 0 saturated heterocycles. The number of nitrogens with one attached hydrogen (secondary N) is 1. The van der Waals surface area contributed by atoms with Crippen molar-refractivity contribution in [1.82, 2.24) is 10.2 Å². The van der Waals surface area contributed by atoms with E-state index in [1.807, 2.05) is 31.2 Å². The number of nitrogens with two attached hydrogens (primary N) is 1. The van der Waals surface area contributed by atoms with E-state index in [-0.39, 0.29) is 11.8 Å². The van der Waals surface area contributed by atoms with Crippen LogP contribution in [0.3, 0.4) is 0 Å². The number of benzene rings is 1. The molecule has 0 aliphatic carbocycles. The van der Waals surface area contributed by atoms with Gasteiger partial charge in [-0.25, -0.2) is 0 Å². The molecule has 0 fully saturated rings. The zero-order valence-corrected chi connectivity index (χ0v) is 12.9. The zero-order chi connectivity index (χ0) is 15.0. The average Bonchev–Trinajstić information content (AvgIpc) is 2.44. The third-order valence-corrected chi connectivity index (χ3v) is 3.66. The van der Waals surface area contributed by atoms with Crippen molar-refractivity contribution in [2.75, 3.05) is 31.9 Å². The SMILES string of the molecule is CCC(C(=O)NCCN(CC)CC)c1cccc(N)c1. The van der Waals surface area contributed by atoms with Crippen LogP contribution in [0.5, 0.6) is 0 Å². The van der Waals surface area contributed by atoms with Crippen molar-refractivity contribution in [3.63, 3.8) is 0 Å². The normalized spacial score (nSPS) is 12.4. The van der Waals surface area contributed by atoms with Gasteiger partial charge in [0.05, 0.1) is 5.92 Å². The van der Waals surface area contributed by atoms with Gasteiger partial charge < -0.3 is 16.0 Å². The number of carbonyl (C=O) groups excluding carboxylic acids is 1. The Bertz CT molecular complexity index is 416. The molecule has 0 aromatic heterocycles. The van der Waals surface area contributed by atoms with Gasteiger partial charge in [0.2, 0.25) is 5.91 Å². The molecule has 112 valence electrons. The summed E-state index contributed by atoms with van der Waals surface area (Å²) in [6.45, 7) is 9.90. The van der Waals surface area contributed by atoms with Crippen LogP contribution in [-0.2, 0) is 4.79 Å². The minimum absolute atomic E-state index is 0.0882. The molecule has 1 rings (SSSR count). The molecule has 20 heavy (non-hydrogen) atoms. The standard InChI is InChI=1S/C16H27N3O/c1-4-15(13-8-7-9-14(17)12-13)16(20)18-10-11-19(5-2)6-3/h7-9,12,15H,4-6,10-11,17H2,1-3H3,(H,18,20). The van der Waals surface area contributed by atoms with Crippen molar-refractivity contribution in [2.45, 2.75) is 33.1 Å². The number of likely N-dealkylation sites (N-methyl/N-ethyl adjacent to an activating group) is 1. The highest BCUT2D eigenvalue weighted by Gasteiger charge is 2.18. The van der Waals surface area contributed by atoms with E-state index < -0.39 is 0 Å². The molecule has 4 nitrogen and oxygen atoms in total. The Morgan fingerprint density at radius 2 is 2.00 bits per heavy atom. The van der Waals surface area contributed by atoms with Gasteiger partial charge in [-0.05, 0) is 37.2 Å². The van der Waals surface area contributed by atoms with Gasteiger partial charge in [-0.15, -0.1) is 0 Å². The van der Waals surface area contributed by atoms with Crippen LogP contribution in [0.4, 0.5) is 5.69 Å². The second kappa shape index (κ2) is 8.59. The molecule has 1 unspecified atom stereocenters. The van der Waals surface area contributed by atoms with E-state index in [0.29, 0.717) is 12.2 Å². The molecule has 0 aliphatic heterocycles. The van der Waals surface area contributed by atoms with Crippen LogP contribution in [0.15, 0.2) is 24.3 Å². The van der Waals surface area contributed by atoms with Gasteiger partial charge in [-0.3, -0.25) is 4.79 Å². The fourth-order valence-electron chi connectivity index (χ4n) is 2.35. The lowest BCUT2D eigenvalue weighted by atomic mass is 9.95. The first-order chi connectivity index (χ1) is 9.62. The molecule has 1 atom stereocenters. The average molecular weight is 277 g/mol. The molecular formula is C16H27N3O. The highest BCUT2D eigenvalue weighted by atomic mass is 16.1. The molecule has 1 aromatic rings. The summed E-state index contributed by atoms with van der Waals surface area (Å²) in [5.74, 6) is -0.0274. The van der Waals surface area contributed by atoms with Crippen molar-refractivity contribution in [1.29, 1.82) is 0 Å². The maximum atomic E-state index is 12.3. The first-order valence-electron chi connectivity index (χ1n) is 7.47. The number of nitrogens with zero attached hydrogens (tertiary/aromatic N) is 1. The highest BCUT2D eigenvalue weighted by Crippen LogP contribution is 2.21. The maximum absolute atomic E-state index is 12.3. The second-order valence-electron chi connectivity index (χ2n) is 4.95. The third kappa shape index (κ3) is 4.85. The van der Waals surface area contributed by atoms with Crippen LogP contribution in [0.2, 0.25) is 0 Å². The Morgan fingerprint density at radius 1 is 1.30 bits per heavy atom. The zero-order valence-electron chi connectivity index (χ0n) is 12.9. The van der Waals surface area contributed by atoms with E-state index in [4.69, 9.17) is 5.73 Å². The van der Waals surface area contributed by atoms with Gasteiger partial charge in [-0.1, -0.05) is 32.9 Å². The van der Waals surface area contributed by atoms with Crippen LogP contribution in [-0.4, -0.2) is 37.0 Å². The van der Waals surface area contributed by atoms with Crippen molar-refractivity contribution < 1.29 is 4.79 Å². The first-order valence-corrected chi connectivity index (χ1v) is 7.47. The topological polar surface area (TPSA) is 58.4 Å². The summed E-state index contributed by atoms with van der Waals surface area (Å²) < 4.78 is 0. The summed E-state index contributed by atoms with van der Waals surface area (Å²) in [5.41, 5.74) is 7.49. The van der Waals surface area contributed by atoms with Gasteiger partial charge in [0.25, 0.3) is 0 Å². The summed E-state index contributed by atoms with van der Waals surface area (Å²) in [6, 6.07) is 7.59. The highest BCUT2D eigenvalue weighted by molar-refractivity contribution is 5.83. The molecule has 0 spiro atoms. The monoisotopic (exact) mass is 277 g/mol. The molecule has 3 N–H and O–H groups in total. The summed E-state index contributed by atoms with van der Waals surface area (Å²) >= 11 is 0. The van der Waals surface area contributed by atoms with Gasteiger partial charge in [0.1, 0.15) is 0 Å². The van der Waals surface area contributed by atoms with Crippen molar-refractivity contribution in [2.24, 2.45) is 0 Å². The number of carbonyl (C=O) groups is 1. The van der Waals surface area contributed by atoms with Crippen LogP contribution >= 0.6 is 0 Å². The van der Waals surface area contributed by atoms with E-state index in [2.05, 4.69) is 24.1 Å². The molecular weight excluding hydrogens is 250 g/mol. The number of amides is 1. The number of hydrogen-bond donors (Lipinski definition) is 2. The molecule has 4 heteroatoms. The number of rotatable bonds is 8. The quantitative estimate of drug-likeness (QED) is 0.716. The molecule has 1 amide bonds. The lowest BCUT2D eigenvalue weighted by Crippen LogP contribution is -2.37. The van der Waals surface area contributed by atoms with Crippen molar-refractivity contribution in [3.05, 3.63) is 29.8 Å². The van der Waals surface area contributed by atoms with Crippen LogP contribution in [0.25, 0.3) is 0 Å². The van der Waals surface area contributed by atoms with Gasteiger partial charge >= 0.3 is 0 Å². The summed E-state index contributed by atoms with van der Waals surface area (Å²) in [6.07, 6.45) is 0.778. The van der Waals surface area contributed by atoms with E-state index >= 15 is 0 Å². The van der Waals surface area contributed by atoms with Gasteiger partial charge in [0, 0.05) is 18.8 Å². The lowest BCUT2D eigenvalue weighted by molar-refractivity contribution is -0.122. The second-order valence-corrected chi connectivity index (χ2v) is 4.95. The summed E-state index contributed by atoms with van der Waals surface area (Å²) in [7, 11) is 0. The fraction of sp³-hybridized carbons (Fsp3) is 0.562. The minimum Gasteiger partial charge on any atom is -0.399 e. The number of hydrogen-bond acceptors (Lipinski definition) is 3. The van der Waals surface area contributed by atoms with Crippen LogP contribution in [0, 0.1) is 0 Å². The Labute approximate surface area is 122 Å². The molecule has 0 aliphatic rings. The predicted octanol–water partition coefficient (Wildman–Crippen LogP) is 2.22.